The maximum atomic E-state index is 13.2. The van der Waals surface area contributed by atoms with Gasteiger partial charge in [-0.15, -0.1) is 0 Å². The molecule has 0 saturated heterocycles. The summed E-state index contributed by atoms with van der Waals surface area (Å²) in [6.45, 7) is 7.53. The fourth-order valence-corrected chi connectivity index (χ4v) is 8.28. The number of carbonyl (C=O) groups excluding carboxylic acids is 1. The molecule has 4 rings (SSSR count). The van der Waals surface area contributed by atoms with Crippen molar-refractivity contribution >= 4 is 5.78 Å². The fourth-order valence-electron chi connectivity index (χ4n) is 8.28. The van der Waals surface area contributed by atoms with Crippen molar-refractivity contribution in [1.82, 2.24) is 0 Å². The van der Waals surface area contributed by atoms with Crippen LogP contribution in [0.5, 0.6) is 0 Å². The lowest BCUT2D eigenvalue weighted by atomic mass is 9.46. The average molecular weight is 465 g/mol. The smallest absolute Gasteiger partial charge is 0.159 e. The fraction of sp³-hybridized carbons (Fsp3) is 0.889. The minimum atomic E-state index is -1.12. The van der Waals surface area contributed by atoms with Crippen molar-refractivity contribution in [3.05, 3.63) is 11.6 Å². The Morgan fingerprint density at radius 3 is 2.45 bits per heavy atom. The Labute approximate surface area is 198 Å². The molecule has 0 spiro atoms. The molecule has 5 N–H and O–H groups in total. The quantitative estimate of drug-likeness (QED) is 0.413. The van der Waals surface area contributed by atoms with E-state index in [1.54, 1.807) is 19.9 Å². The number of ketones is 1. The summed E-state index contributed by atoms with van der Waals surface area (Å²) in [6, 6.07) is 0. The van der Waals surface area contributed by atoms with Gasteiger partial charge < -0.3 is 25.5 Å². The first kappa shape index (κ1) is 25.3. The zero-order chi connectivity index (χ0) is 24.4. The van der Waals surface area contributed by atoms with Gasteiger partial charge in [0.25, 0.3) is 0 Å². The summed E-state index contributed by atoms with van der Waals surface area (Å²) in [5.41, 5.74) is -1.91. The third-order valence-electron chi connectivity index (χ3n) is 10.4. The van der Waals surface area contributed by atoms with E-state index in [1.807, 2.05) is 0 Å². The summed E-state index contributed by atoms with van der Waals surface area (Å²) < 4.78 is 0. The molecule has 9 atom stereocenters. The second-order valence-corrected chi connectivity index (χ2v) is 12.8. The molecule has 3 fully saturated rings. The summed E-state index contributed by atoms with van der Waals surface area (Å²) in [5.74, 6) is -0.477. The van der Waals surface area contributed by atoms with Crippen molar-refractivity contribution in [2.45, 2.75) is 109 Å². The molecule has 0 amide bonds. The molecule has 0 aromatic rings. The molecule has 33 heavy (non-hydrogen) atoms. The van der Waals surface area contributed by atoms with Gasteiger partial charge in [-0.25, -0.2) is 0 Å². The van der Waals surface area contributed by atoms with Crippen LogP contribution in [0.4, 0.5) is 0 Å². The van der Waals surface area contributed by atoms with Gasteiger partial charge in [-0.05, 0) is 101 Å². The Balaban J connectivity index is 1.64. The van der Waals surface area contributed by atoms with Crippen LogP contribution in [0.1, 0.15) is 85.5 Å². The first-order chi connectivity index (χ1) is 15.3. The second-order valence-electron chi connectivity index (χ2n) is 12.8. The van der Waals surface area contributed by atoms with Crippen LogP contribution in [0, 0.1) is 34.5 Å². The van der Waals surface area contributed by atoms with E-state index in [2.05, 4.69) is 13.8 Å². The maximum absolute atomic E-state index is 13.2. The van der Waals surface area contributed by atoms with Crippen molar-refractivity contribution in [1.29, 1.82) is 0 Å². The number of allylic oxidation sites excluding steroid dienone is 1. The third-order valence-corrected chi connectivity index (χ3v) is 10.4. The van der Waals surface area contributed by atoms with E-state index in [-0.39, 0.29) is 41.5 Å². The van der Waals surface area contributed by atoms with Gasteiger partial charge in [0, 0.05) is 23.9 Å². The van der Waals surface area contributed by atoms with Crippen LogP contribution in [-0.2, 0) is 4.79 Å². The monoisotopic (exact) mass is 464 g/mol. The number of carbonyl (C=O) groups is 1. The molecule has 0 bridgehead atoms. The van der Waals surface area contributed by atoms with Crippen LogP contribution < -0.4 is 0 Å². The predicted molar refractivity (Wildman–Crippen MR) is 125 cm³/mol. The van der Waals surface area contributed by atoms with Gasteiger partial charge in [0.05, 0.1) is 23.4 Å². The highest BCUT2D eigenvalue weighted by Gasteiger charge is 2.66. The lowest BCUT2D eigenvalue weighted by Gasteiger charge is -2.60. The highest BCUT2D eigenvalue weighted by molar-refractivity contribution is 5.95. The molecule has 6 heteroatoms. The number of fused-ring (bicyclic) bond motifs is 5. The molecule has 0 unspecified atom stereocenters. The minimum absolute atomic E-state index is 0.0348. The molecule has 3 saturated carbocycles. The van der Waals surface area contributed by atoms with Crippen LogP contribution in [0.2, 0.25) is 0 Å². The van der Waals surface area contributed by atoms with E-state index in [4.69, 9.17) is 0 Å². The molecule has 0 aromatic heterocycles. The van der Waals surface area contributed by atoms with Crippen LogP contribution in [0.25, 0.3) is 0 Å². The van der Waals surface area contributed by atoms with Gasteiger partial charge in [0.2, 0.25) is 0 Å². The van der Waals surface area contributed by atoms with E-state index in [9.17, 15) is 30.3 Å². The molecular weight excluding hydrogens is 420 g/mol. The summed E-state index contributed by atoms with van der Waals surface area (Å²) in [7, 11) is 0. The first-order valence-electron chi connectivity index (χ1n) is 12.9. The maximum Gasteiger partial charge on any atom is 0.159 e. The van der Waals surface area contributed by atoms with Crippen LogP contribution in [-0.4, -0.2) is 61.3 Å². The largest absolute Gasteiger partial charge is 0.396 e. The second kappa shape index (κ2) is 8.41. The van der Waals surface area contributed by atoms with Gasteiger partial charge in [-0.2, -0.15) is 0 Å². The third kappa shape index (κ3) is 3.94. The summed E-state index contributed by atoms with van der Waals surface area (Å²) >= 11 is 0. The van der Waals surface area contributed by atoms with Crippen LogP contribution >= 0.6 is 0 Å². The van der Waals surface area contributed by atoms with Crippen molar-refractivity contribution in [2.24, 2.45) is 34.5 Å². The zero-order valence-electron chi connectivity index (χ0n) is 20.8. The van der Waals surface area contributed by atoms with Crippen LogP contribution in [0.15, 0.2) is 11.6 Å². The Morgan fingerprint density at radius 1 is 1.12 bits per heavy atom. The molecule has 0 heterocycles. The number of hydrogen-bond acceptors (Lipinski definition) is 6. The van der Waals surface area contributed by atoms with Crippen molar-refractivity contribution in [3.8, 4) is 0 Å². The predicted octanol–water partition coefficient (Wildman–Crippen LogP) is 2.74. The summed E-state index contributed by atoms with van der Waals surface area (Å²) in [5, 5.41) is 53.8. The normalized spacial score (nSPS) is 45.0. The standard InChI is InChI=1S/C27H44O6/c1-24(2,32)9-8-22(30)17(15-28)18-7-12-27(33)20-14-23(31)21-13-16(29)5-10-25(21,3)19(20)6-11-26(18,27)4/h14,16-19,21-22,28-30,32-33H,5-13,15H2,1-4H3/t16-,17-,18+,19-,21-,22+,25+,26+,27+/m0/s1. The SMILES string of the molecule is CC(C)(O)CC[C@@H](O)[C@@H](CO)[C@H]1CC[C@@]2(O)C3=CC(=O)[C@@H]4C[C@@H](O)CC[C@]4(C)[C@H]3CC[C@]12C. The van der Waals surface area contributed by atoms with Gasteiger partial charge in [0.1, 0.15) is 0 Å². The number of aliphatic hydroxyl groups excluding tert-OH is 3. The van der Waals surface area contributed by atoms with Gasteiger partial charge >= 0.3 is 0 Å². The summed E-state index contributed by atoms with van der Waals surface area (Å²) in [4.78, 5) is 13.2. The number of hydrogen-bond donors (Lipinski definition) is 5. The lowest BCUT2D eigenvalue weighted by molar-refractivity contribution is -0.144. The highest BCUT2D eigenvalue weighted by Crippen LogP contribution is 2.68. The molecule has 0 aliphatic heterocycles. The zero-order valence-corrected chi connectivity index (χ0v) is 20.8. The highest BCUT2D eigenvalue weighted by atomic mass is 16.3. The molecular formula is C27H44O6. The van der Waals surface area contributed by atoms with Gasteiger partial charge in [0.15, 0.2) is 5.78 Å². The van der Waals surface area contributed by atoms with E-state index in [0.29, 0.717) is 38.5 Å². The van der Waals surface area contributed by atoms with E-state index in [0.717, 1.165) is 24.8 Å². The Hall–Kier alpha value is -0.790. The van der Waals surface area contributed by atoms with Crippen LogP contribution in [0.3, 0.4) is 0 Å². The Morgan fingerprint density at radius 2 is 1.82 bits per heavy atom. The molecule has 0 radical (unpaired) electrons. The molecule has 4 aliphatic rings. The van der Waals surface area contributed by atoms with E-state index in [1.165, 1.54) is 0 Å². The number of aliphatic hydroxyl groups is 5. The topological polar surface area (TPSA) is 118 Å². The number of rotatable bonds is 6. The summed E-state index contributed by atoms with van der Waals surface area (Å²) in [6.07, 6.45) is 6.21. The van der Waals surface area contributed by atoms with Crippen molar-refractivity contribution < 1.29 is 30.3 Å². The molecule has 6 nitrogen and oxygen atoms in total. The average Bonchev–Trinajstić information content (AvgIpc) is 3.00. The van der Waals surface area contributed by atoms with Crippen molar-refractivity contribution in [2.75, 3.05) is 6.61 Å². The molecule has 188 valence electrons. The van der Waals surface area contributed by atoms with Gasteiger partial charge in [-0.1, -0.05) is 13.8 Å². The van der Waals surface area contributed by atoms with E-state index >= 15 is 0 Å². The molecule has 4 aliphatic carbocycles. The lowest BCUT2D eigenvalue weighted by Crippen LogP contribution is -2.59. The minimum Gasteiger partial charge on any atom is -0.396 e. The Bertz CT molecular complexity index is 801. The van der Waals surface area contributed by atoms with Gasteiger partial charge in [-0.3, -0.25) is 4.79 Å². The Kier molecular flexibility index (Phi) is 6.45. The first-order valence-corrected chi connectivity index (χ1v) is 12.9. The van der Waals surface area contributed by atoms with Crippen molar-refractivity contribution in [3.63, 3.8) is 0 Å². The van der Waals surface area contributed by atoms with E-state index < -0.39 is 28.8 Å². The molecule has 0 aromatic carbocycles.